The Bertz CT molecular complexity index is 656. The molecule has 1 aromatic carbocycles. The van der Waals surface area contributed by atoms with Crippen molar-refractivity contribution in [1.82, 2.24) is 10.6 Å². The maximum Gasteiger partial charge on any atom is 0.407 e. The fourth-order valence-electron chi connectivity index (χ4n) is 4.46. The Morgan fingerprint density at radius 3 is 2.81 bits per heavy atom. The van der Waals surface area contributed by atoms with E-state index in [0.29, 0.717) is 12.0 Å². The molecule has 0 bridgehead atoms. The number of fused-ring (bicyclic) bond motifs is 1. The molecule has 1 fully saturated rings. The lowest BCUT2D eigenvalue weighted by Crippen LogP contribution is -2.44. The van der Waals surface area contributed by atoms with E-state index >= 15 is 0 Å². The number of halogens is 1. The summed E-state index contributed by atoms with van der Waals surface area (Å²) < 4.78 is 6.64. The van der Waals surface area contributed by atoms with Crippen LogP contribution in [-0.4, -0.2) is 24.3 Å². The van der Waals surface area contributed by atoms with Gasteiger partial charge in [-0.2, -0.15) is 0 Å². The van der Waals surface area contributed by atoms with Crippen molar-refractivity contribution in [2.45, 2.75) is 83.4 Å². The molecule has 0 saturated heterocycles. The molecule has 4 nitrogen and oxygen atoms in total. The highest BCUT2D eigenvalue weighted by molar-refractivity contribution is 9.10. The van der Waals surface area contributed by atoms with E-state index in [0.717, 1.165) is 36.7 Å². The third-order valence-electron chi connectivity index (χ3n) is 5.70. The number of hydrogen-bond donors (Lipinski definition) is 2. The van der Waals surface area contributed by atoms with Gasteiger partial charge in [0.25, 0.3) is 0 Å². The minimum absolute atomic E-state index is 0.238. The second kappa shape index (κ2) is 8.95. The molecule has 3 rings (SSSR count). The van der Waals surface area contributed by atoms with E-state index < -0.39 is 5.60 Å². The van der Waals surface area contributed by atoms with E-state index in [1.54, 1.807) is 0 Å². The van der Waals surface area contributed by atoms with Crippen molar-refractivity contribution in [2.75, 3.05) is 6.54 Å². The Kier molecular flexibility index (Phi) is 6.85. The highest BCUT2D eigenvalue weighted by Gasteiger charge is 2.29. The van der Waals surface area contributed by atoms with Crippen LogP contribution in [0.15, 0.2) is 22.7 Å². The number of carbonyl (C=O) groups is 1. The monoisotopic (exact) mass is 436 g/mol. The van der Waals surface area contributed by atoms with Crippen LogP contribution in [0.3, 0.4) is 0 Å². The largest absolute Gasteiger partial charge is 0.444 e. The van der Waals surface area contributed by atoms with Crippen LogP contribution in [0.2, 0.25) is 0 Å². The molecular weight excluding hydrogens is 404 g/mol. The van der Waals surface area contributed by atoms with Crippen LogP contribution < -0.4 is 10.6 Å². The fraction of sp³-hybridized carbons (Fsp3) is 0.682. The quantitative estimate of drug-likeness (QED) is 0.654. The number of hydrogen-bond acceptors (Lipinski definition) is 3. The number of rotatable bonds is 4. The van der Waals surface area contributed by atoms with E-state index in [1.165, 1.54) is 30.4 Å². The first-order valence-electron chi connectivity index (χ1n) is 10.3. The van der Waals surface area contributed by atoms with Crippen LogP contribution in [0.4, 0.5) is 4.79 Å². The molecule has 0 radical (unpaired) electrons. The Balaban J connectivity index is 1.58. The highest BCUT2D eigenvalue weighted by atomic mass is 79.9. The molecule has 3 atom stereocenters. The van der Waals surface area contributed by atoms with E-state index in [2.05, 4.69) is 44.8 Å². The van der Waals surface area contributed by atoms with E-state index in [9.17, 15) is 4.79 Å². The second-order valence-corrected chi connectivity index (χ2v) is 9.89. The van der Waals surface area contributed by atoms with E-state index in [-0.39, 0.29) is 12.1 Å². The number of alkyl carbamates (subject to hydrolysis) is 1. The normalized spacial score (nSPS) is 25.6. The summed E-state index contributed by atoms with van der Waals surface area (Å²) in [7, 11) is 0. The van der Waals surface area contributed by atoms with Crippen molar-refractivity contribution in [3.63, 3.8) is 0 Å². The van der Waals surface area contributed by atoms with Crippen molar-refractivity contribution in [3.05, 3.63) is 33.8 Å². The molecule has 2 N–H and O–H groups in total. The zero-order chi connectivity index (χ0) is 19.4. The summed E-state index contributed by atoms with van der Waals surface area (Å²) in [5.74, 6) is 0.536. The van der Waals surface area contributed by atoms with Gasteiger partial charge in [-0.15, -0.1) is 0 Å². The molecule has 1 aromatic rings. The van der Waals surface area contributed by atoms with Gasteiger partial charge in [-0.05, 0) is 88.6 Å². The van der Waals surface area contributed by atoms with Crippen molar-refractivity contribution in [1.29, 1.82) is 0 Å². The minimum atomic E-state index is -0.446. The molecule has 1 saturated carbocycles. The predicted octanol–water partition coefficient (Wildman–Crippen LogP) is 5.50. The maximum absolute atomic E-state index is 12.2. The molecule has 150 valence electrons. The van der Waals surface area contributed by atoms with Crippen LogP contribution in [0.25, 0.3) is 0 Å². The Hall–Kier alpha value is -1.07. The standard InChI is InChI=1S/C22H33BrN2O2/c1-22(2,3)27-21(26)25-19-7-5-4-6-15(19)8-11-20-18-10-9-17(23)14-16(18)12-13-24-20/h9-10,14-15,19-20,24H,4-8,11-13H2,1-3H3,(H,25,26). The van der Waals surface area contributed by atoms with Gasteiger partial charge in [-0.25, -0.2) is 4.79 Å². The maximum atomic E-state index is 12.2. The van der Waals surface area contributed by atoms with Crippen LogP contribution in [0.1, 0.15) is 76.5 Å². The van der Waals surface area contributed by atoms with Crippen LogP contribution in [0, 0.1) is 5.92 Å². The summed E-state index contributed by atoms with van der Waals surface area (Å²) in [5, 5.41) is 6.85. The topological polar surface area (TPSA) is 50.4 Å². The first kappa shape index (κ1) is 20.7. The van der Waals surface area contributed by atoms with E-state index in [1.807, 2.05) is 20.8 Å². The van der Waals surface area contributed by atoms with Gasteiger partial charge in [0.05, 0.1) is 0 Å². The lowest BCUT2D eigenvalue weighted by atomic mass is 9.80. The summed E-state index contributed by atoms with van der Waals surface area (Å²) in [6.45, 7) is 6.78. The predicted molar refractivity (Wildman–Crippen MR) is 113 cm³/mol. The Labute approximate surface area is 172 Å². The van der Waals surface area contributed by atoms with Crippen molar-refractivity contribution in [3.8, 4) is 0 Å². The number of nitrogens with one attached hydrogen (secondary N) is 2. The molecule has 1 aliphatic carbocycles. The molecule has 1 heterocycles. The lowest BCUT2D eigenvalue weighted by Gasteiger charge is -2.35. The van der Waals surface area contributed by atoms with Crippen LogP contribution in [-0.2, 0) is 11.2 Å². The summed E-state index contributed by atoms with van der Waals surface area (Å²) in [5.41, 5.74) is 2.45. The smallest absolute Gasteiger partial charge is 0.407 e. The first-order valence-corrected chi connectivity index (χ1v) is 11.1. The summed E-state index contributed by atoms with van der Waals surface area (Å²) >= 11 is 3.59. The number of benzene rings is 1. The van der Waals surface area contributed by atoms with Gasteiger partial charge in [-0.1, -0.05) is 34.8 Å². The van der Waals surface area contributed by atoms with Crippen molar-refractivity contribution < 1.29 is 9.53 Å². The molecule has 3 unspecified atom stereocenters. The number of ether oxygens (including phenoxy) is 1. The Morgan fingerprint density at radius 1 is 1.26 bits per heavy atom. The van der Waals surface area contributed by atoms with Gasteiger partial charge < -0.3 is 15.4 Å². The van der Waals surface area contributed by atoms with Crippen molar-refractivity contribution in [2.24, 2.45) is 5.92 Å². The van der Waals surface area contributed by atoms with Crippen molar-refractivity contribution >= 4 is 22.0 Å². The summed E-state index contributed by atoms with van der Waals surface area (Å²) in [6, 6.07) is 7.32. The van der Waals surface area contributed by atoms with Crippen LogP contribution in [0.5, 0.6) is 0 Å². The minimum Gasteiger partial charge on any atom is -0.444 e. The molecule has 0 aromatic heterocycles. The zero-order valence-electron chi connectivity index (χ0n) is 16.8. The Morgan fingerprint density at radius 2 is 2.04 bits per heavy atom. The molecule has 1 aliphatic heterocycles. The lowest BCUT2D eigenvalue weighted by molar-refractivity contribution is 0.0465. The summed E-state index contributed by atoms with van der Waals surface area (Å²) in [6.07, 6.45) is 7.78. The van der Waals surface area contributed by atoms with E-state index in [4.69, 9.17) is 4.74 Å². The number of carbonyl (C=O) groups excluding carboxylic acids is 1. The molecule has 0 spiro atoms. The molecule has 1 amide bonds. The van der Waals surface area contributed by atoms with Crippen LogP contribution >= 0.6 is 15.9 Å². The van der Waals surface area contributed by atoms with Gasteiger partial charge in [0.1, 0.15) is 5.60 Å². The van der Waals surface area contributed by atoms with Gasteiger partial charge in [-0.3, -0.25) is 0 Å². The zero-order valence-corrected chi connectivity index (χ0v) is 18.4. The third-order valence-corrected chi connectivity index (χ3v) is 6.20. The fourth-order valence-corrected chi connectivity index (χ4v) is 4.87. The first-order chi connectivity index (χ1) is 12.8. The van der Waals surface area contributed by atoms with Gasteiger partial charge >= 0.3 is 6.09 Å². The highest BCUT2D eigenvalue weighted by Crippen LogP contribution is 2.34. The van der Waals surface area contributed by atoms with Gasteiger partial charge in [0.2, 0.25) is 0 Å². The average Bonchev–Trinajstić information content (AvgIpc) is 2.59. The molecule has 27 heavy (non-hydrogen) atoms. The van der Waals surface area contributed by atoms with Gasteiger partial charge in [0, 0.05) is 16.6 Å². The van der Waals surface area contributed by atoms with Gasteiger partial charge in [0.15, 0.2) is 0 Å². The molecule has 2 aliphatic rings. The third kappa shape index (κ3) is 5.95. The molecule has 5 heteroatoms. The molecular formula is C22H33BrN2O2. The number of amides is 1. The second-order valence-electron chi connectivity index (χ2n) is 8.97. The SMILES string of the molecule is CC(C)(C)OC(=O)NC1CCCCC1CCC1NCCc2cc(Br)ccc21. The average molecular weight is 437 g/mol. The summed E-state index contributed by atoms with van der Waals surface area (Å²) in [4.78, 5) is 12.2.